The lowest BCUT2D eigenvalue weighted by atomic mass is 9.92. The Morgan fingerprint density at radius 1 is 1.33 bits per heavy atom. The van der Waals surface area contributed by atoms with Gasteiger partial charge < -0.3 is 19.3 Å². The molecule has 0 radical (unpaired) electrons. The summed E-state index contributed by atoms with van der Waals surface area (Å²) in [5.74, 6) is 0.767. The van der Waals surface area contributed by atoms with Gasteiger partial charge in [0.1, 0.15) is 18.5 Å². The summed E-state index contributed by atoms with van der Waals surface area (Å²) >= 11 is 0. The van der Waals surface area contributed by atoms with E-state index in [0.29, 0.717) is 12.4 Å². The van der Waals surface area contributed by atoms with Crippen LogP contribution in [0, 0.1) is 5.92 Å². The molecule has 1 amide bonds. The smallest absolute Gasteiger partial charge is 0.248 e. The molecule has 134 valence electrons. The second-order valence-corrected chi connectivity index (χ2v) is 7.15. The molecule has 1 aromatic rings. The number of nitrogens with zero attached hydrogens (tertiary/aromatic N) is 3. The fourth-order valence-electron chi connectivity index (χ4n) is 3.88. The number of aryl methyl sites for hydroxylation is 1. The fourth-order valence-corrected chi connectivity index (χ4v) is 3.88. The number of likely N-dealkylation sites (tertiary alicyclic amines) is 1. The van der Waals surface area contributed by atoms with Crippen molar-refractivity contribution < 1.29 is 14.6 Å². The monoisotopic (exact) mass is 335 g/mol. The Bertz CT molecular complexity index is 539. The van der Waals surface area contributed by atoms with Gasteiger partial charge in [-0.2, -0.15) is 0 Å². The SMILES string of the molecule is Cn1ccnc1C(O)C1CCCN(C(=O)COC2CCCCC2)C1. The van der Waals surface area contributed by atoms with Crippen molar-refractivity contribution in [3.8, 4) is 0 Å². The zero-order valence-electron chi connectivity index (χ0n) is 14.6. The van der Waals surface area contributed by atoms with Crippen molar-refractivity contribution in [2.45, 2.75) is 57.2 Å². The molecular weight excluding hydrogens is 306 g/mol. The van der Waals surface area contributed by atoms with Gasteiger partial charge in [-0.3, -0.25) is 4.79 Å². The lowest BCUT2D eigenvalue weighted by Gasteiger charge is -2.35. The normalized spacial score (nSPS) is 24.1. The van der Waals surface area contributed by atoms with E-state index in [0.717, 1.165) is 32.2 Å². The van der Waals surface area contributed by atoms with Gasteiger partial charge >= 0.3 is 0 Å². The number of imidazole rings is 1. The fraction of sp³-hybridized carbons (Fsp3) is 0.778. The first-order chi connectivity index (χ1) is 11.6. The number of piperidine rings is 1. The van der Waals surface area contributed by atoms with E-state index in [1.165, 1.54) is 19.3 Å². The van der Waals surface area contributed by atoms with E-state index in [-0.39, 0.29) is 24.5 Å². The van der Waals surface area contributed by atoms with E-state index in [9.17, 15) is 9.90 Å². The summed E-state index contributed by atoms with van der Waals surface area (Å²) in [6.07, 6.45) is 10.9. The van der Waals surface area contributed by atoms with Crippen molar-refractivity contribution in [3.05, 3.63) is 18.2 Å². The Kier molecular flexibility index (Phi) is 5.89. The molecule has 0 bridgehead atoms. The molecule has 1 aromatic heterocycles. The van der Waals surface area contributed by atoms with E-state index < -0.39 is 6.10 Å². The maximum Gasteiger partial charge on any atom is 0.248 e. The molecule has 6 heteroatoms. The van der Waals surface area contributed by atoms with Crippen LogP contribution in [-0.4, -0.2) is 51.3 Å². The molecule has 3 rings (SSSR count). The lowest BCUT2D eigenvalue weighted by molar-refractivity contribution is -0.141. The molecule has 24 heavy (non-hydrogen) atoms. The molecule has 1 saturated carbocycles. The minimum atomic E-state index is -0.625. The number of aliphatic hydroxyl groups is 1. The van der Waals surface area contributed by atoms with Crippen LogP contribution in [0.25, 0.3) is 0 Å². The highest BCUT2D eigenvalue weighted by molar-refractivity contribution is 5.77. The highest BCUT2D eigenvalue weighted by Crippen LogP contribution is 2.29. The first-order valence-electron chi connectivity index (χ1n) is 9.20. The average Bonchev–Trinajstić information content (AvgIpc) is 3.06. The van der Waals surface area contributed by atoms with E-state index in [2.05, 4.69) is 4.98 Å². The molecule has 6 nitrogen and oxygen atoms in total. The van der Waals surface area contributed by atoms with Gasteiger partial charge in [0.15, 0.2) is 0 Å². The number of hydrogen-bond acceptors (Lipinski definition) is 4. The van der Waals surface area contributed by atoms with Crippen molar-refractivity contribution in [2.24, 2.45) is 13.0 Å². The van der Waals surface area contributed by atoms with Gasteiger partial charge in [0.25, 0.3) is 0 Å². The Hall–Kier alpha value is -1.40. The maximum absolute atomic E-state index is 12.5. The molecule has 2 atom stereocenters. The molecule has 1 saturated heterocycles. The van der Waals surface area contributed by atoms with Gasteiger partial charge in [0.2, 0.25) is 5.91 Å². The van der Waals surface area contributed by atoms with Crippen LogP contribution in [0.2, 0.25) is 0 Å². The summed E-state index contributed by atoms with van der Waals surface area (Å²) in [5, 5.41) is 10.6. The minimum Gasteiger partial charge on any atom is -0.385 e. The first-order valence-corrected chi connectivity index (χ1v) is 9.20. The number of carbonyl (C=O) groups excluding carboxylic acids is 1. The van der Waals surface area contributed by atoms with Crippen LogP contribution in [0.4, 0.5) is 0 Å². The maximum atomic E-state index is 12.5. The number of ether oxygens (including phenoxy) is 1. The van der Waals surface area contributed by atoms with Gasteiger partial charge in [0, 0.05) is 38.4 Å². The third kappa shape index (κ3) is 4.16. The zero-order valence-corrected chi connectivity index (χ0v) is 14.6. The molecule has 2 aliphatic rings. The van der Waals surface area contributed by atoms with E-state index in [1.807, 2.05) is 22.7 Å². The van der Waals surface area contributed by atoms with Gasteiger partial charge in [-0.05, 0) is 25.7 Å². The van der Waals surface area contributed by atoms with Gasteiger partial charge in [-0.1, -0.05) is 19.3 Å². The number of carbonyl (C=O) groups is 1. The predicted molar refractivity (Wildman–Crippen MR) is 90.3 cm³/mol. The summed E-state index contributed by atoms with van der Waals surface area (Å²) < 4.78 is 7.66. The van der Waals surface area contributed by atoms with Crippen LogP contribution >= 0.6 is 0 Å². The largest absolute Gasteiger partial charge is 0.385 e. The Labute approximate surface area is 143 Å². The van der Waals surface area contributed by atoms with Crippen molar-refractivity contribution in [3.63, 3.8) is 0 Å². The second-order valence-electron chi connectivity index (χ2n) is 7.15. The van der Waals surface area contributed by atoms with Crippen LogP contribution in [0.3, 0.4) is 0 Å². The Balaban J connectivity index is 1.51. The highest BCUT2D eigenvalue weighted by atomic mass is 16.5. The van der Waals surface area contributed by atoms with Gasteiger partial charge in [-0.25, -0.2) is 4.98 Å². The third-order valence-corrected chi connectivity index (χ3v) is 5.37. The molecule has 0 aromatic carbocycles. The highest BCUT2D eigenvalue weighted by Gasteiger charge is 2.31. The third-order valence-electron chi connectivity index (χ3n) is 5.37. The van der Waals surface area contributed by atoms with E-state index >= 15 is 0 Å². The van der Waals surface area contributed by atoms with Crippen LogP contribution in [0.15, 0.2) is 12.4 Å². The molecule has 0 spiro atoms. The number of aliphatic hydroxyl groups excluding tert-OH is 1. The second kappa shape index (κ2) is 8.12. The molecule has 2 fully saturated rings. The number of amides is 1. The number of aromatic nitrogens is 2. The van der Waals surface area contributed by atoms with Crippen LogP contribution in [0.5, 0.6) is 0 Å². The molecule has 1 aliphatic heterocycles. The van der Waals surface area contributed by atoms with Gasteiger partial charge in [0.05, 0.1) is 6.10 Å². The van der Waals surface area contributed by atoms with Crippen LogP contribution in [0.1, 0.15) is 56.9 Å². The topological polar surface area (TPSA) is 67.6 Å². The van der Waals surface area contributed by atoms with E-state index in [4.69, 9.17) is 4.74 Å². The Morgan fingerprint density at radius 3 is 2.83 bits per heavy atom. The predicted octanol–water partition coefficient (Wildman–Crippen LogP) is 2.04. The van der Waals surface area contributed by atoms with Crippen LogP contribution in [-0.2, 0) is 16.6 Å². The summed E-state index contributed by atoms with van der Waals surface area (Å²) in [5.41, 5.74) is 0. The molecule has 1 aliphatic carbocycles. The van der Waals surface area contributed by atoms with Crippen molar-refractivity contribution in [2.75, 3.05) is 19.7 Å². The summed E-state index contributed by atoms with van der Waals surface area (Å²) in [7, 11) is 1.88. The van der Waals surface area contributed by atoms with Crippen molar-refractivity contribution in [1.29, 1.82) is 0 Å². The molecular formula is C18H29N3O3. The van der Waals surface area contributed by atoms with Crippen molar-refractivity contribution >= 4 is 5.91 Å². The minimum absolute atomic E-state index is 0.0403. The standard InChI is InChI=1S/C18H29N3O3/c1-20-11-9-19-18(20)17(23)14-6-5-10-21(12-14)16(22)13-24-15-7-3-2-4-8-15/h9,11,14-15,17,23H,2-8,10,12-13H2,1H3. The molecule has 1 N–H and O–H groups in total. The molecule has 2 heterocycles. The summed E-state index contributed by atoms with van der Waals surface area (Å²) in [6.45, 7) is 1.52. The summed E-state index contributed by atoms with van der Waals surface area (Å²) in [6, 6.07) is 0. The number of rotatable bonds is 5. The Morgan fingerprint density at radius 2 is 2.12 bits per heavy atom. The first kappa shape index (κ1) is 17.4. The zero-order chi connectivity index (χ0) is 16.9. The van der Waals surface area contributed by atoms with Crippen LogP contribution < -0.4 is 0 Å². The van der Waals surface area contributed by atoms with E-state index in [1.54, 1.807) is 6.20 Å². The van der Waals surface area contributed by atoms with Crippen molar-refractivity contribution in [1.82, 2.24) is 14.5 Å². The average molecular weight is 335 g/mol. The number of hydrogen-bond donors (Lipinski definition) is 1. The molecule has 2 unspecified atom stereocenters. The quantitative estimate of drug-likeness (QED) is 0.894. The lowest BCUT2D eigenvalue weighted by Crippen LogP contribution is -2.44. The van der Waals surface area contributed by atoms with Gasteiger partial charge in [-0.15, -0.1) is 0 Å². The summed E-state index contributed by atoms with van der Waals surface area (Å²) in [4.78, 5) is 18.6.